The van der Waals surface area contributed by atoms with E-state index in [4.69, 9.17) is 0 Å². The van der Waals surface area contributed by atoms with Gasteiger partial charge in [-0.3, -0.25) is 0 Å². The Morgan fingerprint density at radius 3 is 2.38 bits per heavy atom. The van der Waals surface area contributed by atoms with Gasteiger partial charge in [0.1, 0.15) is 3.70 Å². The van der Waals surface area contributed by atoms with E-state index in [1.165, 1.54) is 0 Å². The summed E-state index contributed by atoms with van der Waals surface area (Å²) in [5.41, 5.74) is -4.36. The summed E-state index contributed by atoms with van der Waals surface area (Å²) in [6.45, 7) is 0. The lowest BCUT2D eigenvalue weighted by molar-refractivity contribution is -0.0328. The molecule has 0 atom stereocenters. The van der Waals surface area contributed by atoms with Crippen molar-refractivity contribution in [3.63, 3.8) is 0 Å². The van der Waals surface area contributed by atoms with E-state index >= 15 is 0 Å². The second kappa shape index (κ2) is 3.99. The summed E-state index contributed by atoms with van der Waals surface area (Å²) in [7, 11) is 0. The van der Waals surface area contributed by atoms with Crippen molar-refractivity contribution >= 4 is 34.4 Å². The second-order valence-electron chi connectivity index (χ2n) is 1.97. The molecule has 1 rings (SSSR count). The molecular formula is C6H2F4INS. The lowest BCUT2D eigenvalue weighted by atomic mass is 10.5. The number of thioether (sulfide) groups is 1. The number of hydrogen-bond acceptors (Lipinski definition) is 2. The van der Waals surface area contributed by atoms with Crippen LogP contribution in [-0.4, -0.2) is 10.5 Å². The fraction of sp³-hybridized carbons (Fsp3) is 0.167. The van der Waals surface area contributed by atoms with Gasteiger partial charge in [0.25, 0.3) is 0 Å². The molecule has 72 valence electrons. The van der Waals surface area contributed by atoms with Crippen LogP contribution in [0.15, 0.2) is 17.0 Å². The first-order valence-corrected chi connectivity index (χ1v) is 4.86. The number of hydrogen-bond donors (Lipinski definition) is 0. The third-order valence-electron chi connectivity index (χ3n) is 1.01. The zero-order valence-corrected chi connectivity index (χ0v) is 8.87. The van der Waals surface area contributed by atoms with Gasteiger partial charge in [-0.05, 0) is 46.5 Å². The van der Waals surface area contributed by atoms with E-state index in [1.54, 1.807) is 22.6 Å². The van der Waals surface area contributed by atoms with Crippen molar-refractivity contribution in [1.29, 1.82) is 0 Å². The molecule has 0 amide bonds. The topological polar surface area (TPSA) is 12.9 Å². The summed E-state index contributed by atoms with van der Waals surface area (Å²) in [6, 6.07) is 1.96. The summed E-state index contributed by atoms with van der Waals surface area (Å²) in [5.74, 6) is -0.782. The van der Waals surface area contributed by atoms with Gasteiger partial charge in [0, 0.05) is 4.90 Å². The molecule has 0 aliphatic heterocycles. The Labute approximate surface area is 89.1 Å². The summed E-state index contributed by atoms with van der Waals surface area (Å²) >= 11 is 1.25. The maximum Gasteiger partial charge on any atom is 0.446 e. The Balaban J connectivity index is 2.90. The quantitative estimate of drug-likeness (QED) is 0.340. The van der Waals surface area contributed by atoms with Crippen molar-refractivity contribution < 1.29 is 17.6 Å². The second-order valence-corrected chi connectivity index (χ2v) is 4.10. The molecule has 0 aliphatic carbocycles. The van der Waals surface area contributed by atoms with E-state index in [0.29, 0.717) is 0 Å². The van der Waals surface area contributed by atoms with Crippen molar-refractivity contribution in [1.82, 2.24) is 4.98 Å². The summed E-state index contributed by atoms with van der Waals surface area (Å²) in [5, 5.41) is 0. The average Bonchev–Trinajstić information content (AvgIpc) is 1.93. The maximum absolute atomic E-state index is 12.4. The highest BCUT2D eigenvalue weighted by Gasteiger charge is 2.30. The molecule has 13 heavy (non-hydrogen) atoms. The standard InChI is InChI=1S/C6H2F4INS/c7-4-2-1-3(5(11)12-4)13-6(8,9)10/h1-2H. The number of alkyl halides is 3. The number of halogens is 5. The minimum atomic E-state index is -4.36. The first-order valence-electron chi connectivity index (χ1n) is 2.96. The van der Waals surface area contributed by atoms with Gasteiger partial charge in [-0.25, -0.2) is 4.98 Å². The summed E-state index contributed by atoms with van der Waals surface area (Å²) in [6.07, 6.45) is 0. The molecule has 1 aromatic rings. The molecule has 0 fully saturated rings. The molecule has 0 bridgehead atoms. The smallest absolute Gasteiger partial charge is 0.212 e. The average molecular weight is 323 g/mol. The number of pyridine rings is 1. The summed E-state index contributed by atoms with van der Waals surface area (Å²) < 4.78 is 48.0. The number of aromatic nitrogens is 1. The van der Waals surface area contributed by atoms with E-state index in [1.807, 2.05) is 0 Å². The van der Waals surface area contributed by atoms with Crippen LogP contribution in [0.5, 0.6) is 0 Å². The monoisotopic (exact) mass is 323 g/mol. The lowest BCUT2D eigenvalue weighted by Gasteiger charge is -2.06. The van der Waals surface area contributed by atoms with E-state index in [2.05, 4.69) is 4.98 Å². The van der Waals surface area contributed by atoms with Crippen molar-refractivity contribution in [2.75, 3.05) is 0 Å². The van der Waals surface area contributed by atoms with Gasteiger partial charge >= 0.3 is 5.51 Å². The Bertz CT molecular complexity index is 314. The van der Waals surface area contributed by atoms with E-state index in [9.17, 15) is 17.6 Å². The van der Waals surface area contributed by atoms with Crippen molar-refractivity contribution in [2.24, 2.45) is 0 Å². The van der Waals surface area contributed by atoms with E-state index in [0.717, 1.165) is 12.1 Å². The molecule has 1 aromatic heterocycles. The van der Waals surface area contributed by atoms with Gasteiger partial charge in [0.2, 0.25) is 5.95 Å². The van der Waals surface area contributed by atoms with Gasteiger partial charge in [-0.15, -0.1) is 0 Å². The SMILES string of the molecule is Fc1ccc(SC(F)(F)F)c(I)n1. The third-order valence-corrected chi connectivity index (χ3v) is 2.98. The molecule has 0 spiro atoms. The zero-order valence-electron chi connectivity index (χ0n) is 5.90. The molecular weight excluding hydrogens is 321 g/mol. The largest absolute Gasteiger partial charge is 0.446 e. The first-order chi connectivity index (χ1) is 5.88. The molecule has 0 unspecified atom stereocenters. The minimum absolute atomic E-state index is 0.0138. The highest BCUT2D eigenvalue weighted by molar-refractivity contribution is 14.1. The van der Waals surface area contributed by atoms with Crippen molar-refractivity contribution in [2.45, 2.75) is 10.4 Å². The van der Waals surface area contributed by atoms with Gasteiger partial charge in [-0.2, -0.15) is 17.6 Å². The van der Waals surface area contributed by atoms with Crippen LogP contribution >= 0.6 is 34.4 Å². The predicted octanol–water partition coefficient (Wildman–Crippen LogP) is 3.44. The van der Waals surface area contributed by atoms with Crippen LogP contribution in [0.3, 0.4) is 0 Å². The van der Waals surface area contributed by atoms with Gasteiger partial charge in [0.15, 0.2) is 0 Å². The lowest BCUT2D eigenvalue weighted by Crippen LogP contribution is -2.01. The van der Waals surface area contributed by atoms with Crippen LogP contribution < -0.4 is 0 Å². The number of nitrogens with zero attached hydrogens (tertiary/aromatic N) is 1. The van der Waals surface area contributed by atoms with Crippen LogP contribution in [0.4, 0.5) is 17.6 Å². The Hall–Kier alpha value is -0.0500. The molecule has 0 aliphatic rings. The van der Waals surface area contributed by atoms with Crippen molar-refractivity contribution in [3.05, 3.63) is 21.8 Å². The molecule has 0 saturated carbocycles. The van der Waals surface area contributed by atoms with Crippen LogP contribution in [-0.2, 0) is 0 Å². The fourth-order valence-corrected chi connectivity index (χ4v) is 1.86. The predicted molar refractivity (Wildman–Crippen MR) is 48.8 cm³/mol. The van der Waals surface area contributed by atoms with E-state index < -0.39 is 11.5 Å². The van der Waals surface area contributed by atoms with Crippen LogP contribution in [0.2, 0.25) is 0 Å². The Morgan fingerprint density at radius 1 is 1.31 bits per heavy atom. The van der Waals surface area contributed by atoms with Crippen LogP contribution in [0, 0.1) is 9.65 Å². The van der Waals surface area contributed by atoms with Crippen LogP contribution in [0.25, 0.3) is 0 Å². The minimum Gasteiger partial charge on any atom is -0.212 e. The zero-order chi connectivity index (χ0) is 10.1. The molecule has 7 heteroatoms. The molecule has 0 radical (unpaired) electrons. The van der Waals surface area contributed by atoms with Crippen LogP contribution in [0.1, 0.15) is 0 Å². The highest BCUT2D eigenvalue weighted by atomic mass is 127. The fourth-order valence-electron chi connectivity index (χ4n) is 0.600. The maximum atomic E-state index is 12.4. The molecule has 1 nitrogen and oxygen atoms in total. The Kier molecular flexibility index (Phi) is 3.38. The van der Waals surface area contributed by atoms with Gasteiger partial charge in [0.05, 0.1) is 0 Å². The third kappa shape index (κ3) is 3.67. The normalized spacial score (nSPS) is 11.8. The Morgan fingerprint density at radius 2 is 1.92 bits per heavy atom. The van der Waals surface area contributed by atoms with Gasteiger partial charge < -0.3 is 0 Å². The molecule has 0 saturated heterocycles. The molecule has 0 N–H and O–H groups in total. The van der Waals surface area contributed by atoms with Gasteiger partial charge in [-0.1, -0.05) is 0 Å². The van der Waals surface area contributed by atoms with E-state index in [-0.39, 0.29) is 20.4 Å². The highest BCUT2D eigenvalue weighted by Crippen LogP contribution is 2.38. The molecule has 0 aromatic carbocycles. The van der Waals surface area contributed by atoms with Crippen molar-refractivity contribution in [3.8, 4) is 0 Å². The number of rotatable bonds is 1. The molecule has 1 heterocycles. The summed E-state index contributed by atoms with van der Waals surface area (Å²) in [4.78, 5) is 3.17. The first kappa shape index (κ1) is 11.0.